The van der Waals surface area contributed by atoms with Gasteiger partial charge in [0.2, 0.25) is 0 Å². The Morgan fingerprint density at radius 1 is 1.40 bits per heavy atom. The molecule has 0 saturated heterocycles. The fourth-order valence-corrected chi connectivity index (χ4v) is 1.64. The average Bonchev–Trinajstić information content (AvgIpc) is 2.59. The molecule has 3 heteroatoms. The molecule has 1 N–H and O–H groups in total. The molecule has 0 fully saturated rings. The number of oxazole rings is 1. The Labute approximate surface area is 88.7 Å². The molecule has 1 aromatic heterocycles. The van der Waals surface area contributed by atoms with Gasteiger partial charge in [0, 0.05) is 0 Å². The van der Waals surface area contributed by atoms with E-state index in [4.69, 9.17) is 4.42 Å². The van der Waals surface area contributed by atoms with Crippen LogP contribution in [0.15, 0.2) is 28.7 Å². The minimum Gasteiger partial charge on any atom is -0.441 e. The molecule has 1 unspecified atom stereocenters. The van der Waals surface area contributed by atoms with Gasteiger partial charge in [-0.3, -0.25) is 0 Å². The van der Waals surface area contributed by atoms with Gasteiger partial charge < -0.3 is 9.52 Å². The predicted molar refractivity (Wildman–Crippen MR) is 58.6 cm³/mol. The molecule has 1 atom stereocenters. The predicted octanol–water partition coefficient (Wildman–Crippen LogP) is 2.53. The SMILES string of the molecule is CCCC(O)Cc1nc2ccccc2o1. The molecule has 3 nitrogen and oxygen atoms in total. The monoisotopic (exact) mass is 205 g/mol. The minimum absolute atomic E-state index is 0.344. The van der Waals surface area contributed by atoms with E-state index >= 15 is 0 Å². The Bertz CT molecular complexity index is 403. The van der Waals surface area contributed by atoms with E-state index in [2.05, 4.69) is 11.9 Å². The van der Waals surface area contributed by atoms with E-state index in [1.54, 1.807) is 0 Å². The first kappa shape index (κ1) is 10.2. The molecule has 15 heavy (non-hydrogen) atoms. The van der Waals surface area contributed by atoms with Gasteiger partial charge in [-0.2, -0.15) is 0 Å². The topological polar surface area (TPSA) is 46.3 Å². The molecule has 2 rings (SSSR count). The number of rotatable bonds is 4. The molecule has 0 radical (unpaired) electrons. The van der Waals surface area contributed by atoms with E-state index in [0.717, 1.165) is 23.9 Å². The lowest BCUT2D eigenvalue weighted by molar-refractivity contribution is 0.155. The van der Waals surface area contributed by atoms with Crippen LogP contribution in [0.25, 0.3) is 11.1 Å². The average molecular weight is 205 g/mol. The number of aromatic nitrogens is 1. The lowest BCUT2D eigenvalue weighted by Crippen LogP contribution is -2.09. The lowest BCUT2D eigenvalue weighted by atomic mass is 10.1. The lowest BCUT2D eigenvalue weighted by Gasteiger charge is -2.04. The first-order chi connectivity index (χ1) is 7.29. The van der Waals surface area contributed by atoms with E-state index in [0.29, 0.717) is 12.3 Å². The van der Waals surface area contributed by atoms with Gasteiger partial charge in [-0.15, -0.1) is 0 Å². The summed E-state index contributed by atoms with van der Waals surface area (Å²) in [5.41, 5.74) is 1.65. The minimum atomic E-state index is -0.344. The van der Waals surface area contributed by atoms with Crippen LogP contribution in [-0.4, -0.2) is 16.2 Å². The highest BCUT2D eigenvalue weighted by molar-refractivity contribution is 5.72. The molecule has 0 aliphatic carbocycles. The molecule has 0 aliphatic heterocycles. The standard InChI is InChI=1S/C12H15NO2/c1-2-5-9(14)8-12-13-10-6-3-4-7-11(10)15-12/h3-4,6-7,9,14H,2,5,8H2,1H3. The Morgan fingerprint density at radius 3 is 2.93 bits per heavy atom. The zero-order valence-electron chi connectivity index (χ0n) is 8.81. The van der Waals surface area contributed by atoms with E-state index in [1.807, 2.05) is 24.3 Å². The fraction of sp³-hybridized carbons (Fsp3) is 0.417. The maximum atomic E-state index is 9.63. The smallest absolute Gasteiger partial charge is 0.198 e. The summed E-state index contributed by atoms with van der Waals surface area (Å²) >= 11 is 0. The molecule has 2 aromatic rings. The van der Waals surface area contributed by atoms with Crippen LogP contribution < -0.4 is 0 Å². The van der Waals surface area contributed by atoms with Gasteiger partial charge in [-0.25, -0.2) is 4.98 Å². The third kappa shape index (κ3) is 2.36. The van der Waals surface area contributed by atoms with Crippen molar-refractivity contribution in [2.24, 2.45) is 0 Å². The number of nitrogens with zero attached hydrogens (tertiary/aromatic N) is 1. The summed E-state index contributed by atoms with van der Waals surface area (Å²) in [5, 5.41) is 9.63. The van der Waals surface area contributed by atoms with Gasteiger partial charge in [0.1, 0.15) is 5.52 Å². The van der Waals surface area contributed by atoms with E-state index < -0.39 is 0 Å². The Hall–Kier alpha value is -1.35. The quantitative estimate of drug-likeness (QED) is 0.834. The maximum absolute atomic E-state index is 9.63. The van der Waals surface area contributed by atoms with Crippen LogP contribution in [-0.2, 0) is 6.42 Å². The van der Waals surface area contributed by atoms with Gasteiger partial charge in [0.15, 0.2) is 11.5 Å². The van der Waals surface area contributed by atoms with Crippen LogP contribution in [0.3, 0.4) is 0 Å². The van der Waals surface area contributed by atoms with Crippen molar-refractivity contribution in [1.82, 2.24) is 4.98 Å². The Balaban J connectivity index is 2.15. The van der Waals surface area contributed by atoms with Crippen molar-refractivity contribution in [2.45, 2.75) is 32.3 Å². The fourth-order valence-electron chi connectivity index (χ4n) is 1.64. The van der Waals surface area contributed by atoms with Crippen molar-refractivity contribution in [2.75, 3.05) is 0 Å². The van der Waals surface area contributed by atoms with E-state index in [1.165, 1.54) is 0 Å². The van der Waals surface area contributed by atoms with Crippen LogP contribution in [0.4, 0.5) is 0 Å². The van der Waals surface area contributed by atoms with E-state index in [9.17, 15) is 5.11 Å². The summed E-state index contributed by atoms with van der Waals surface area (Å²) < 4.78 is 5.51. The van der Waals surface area contributed by atoms with Gasteiger partial charge in [0.05, 0.1) is 12.5 Å². The number of aliphatic hydroxyl groups excluding tert-OH is 1. The molecule has 80 valence electrons. The summed E-state index contributed by atoms with van der Waals surface area (Å²) in [7, 11) is 0. The van der Waals surface area contributed by atoms with Crippen molar-refractivity contribution in [3.8, 4) is 0 Å². The number of para-hydroxylation sites is 2. The third-order valence-electron chi connectivity index (χ3n) is 2.37. The van der Waals surface area contributed by atoms with Gasteiger partial charge in [0.25, 0.3) is 0 Å². The first-order valence-electron chi connectivity index (χ1n) is 5.32. The normalized spacial score (nSPS) is 13.2. The Morgan fingerprint density at radius 2 is 2.20 bits per heavy atom. The largest absolute Gasteiger partial charge is 0.441 e. The molecule has 0 bridgehead atoms. The van der Waals surface area contributed by atoms with Crippen LogP contribution in [0.5, 0.6) is 0 Å². The van der Waals surface area contributed by atoms with Crippen LogP contribution in [0.2, 0.25) is 0 Å². The second-order valence-corrected chi connectivity index (χ2v) is 3.72. The molecule has 0 amide bonds. The highest BCUT2D eigenvalue weighted by atomic mass is 16.4. The molecule has 0 saturated carbocycles. The second-order valence-electron chi connectivity index (χ2n) is 3.72. The summed E-state index contributed by atoms with van der Waals surface area (Å²) in [5.74, 6) is 0.622. The van der Waals surface area contributed by atoms with Crippen LogP contribution in [0, 0.1) is 0 Å². The highest BCUT2D eigenvalue weighted by Gasteiger charge is 2.10. The van der Waals surface area contributed by atoms with Crippen molar-refractivity contribution in [3.05, 3.63) is 30.2 Å². The number of aliphatic hydroxyl groups is 1. The number of benzene rings is 1. The number of hydrogen-bond acceptors (Lipinski definition) is 3. The summed E-state index contributed by atoms with van der Waals surface area (Å²) in [6.45, 7) is 2.05. The van der Waals surface area contributed by atoms with Gasteiger partial charge >= 0.3 is 0 Å². The van der Waals surface area contributed by atoms with Gasteiger partial charge in [-0.1, -0.05) is 25.5 Å². The van der Waals surface area contributed by atoms with Crippen molar-refractivity contribution in [1.29, 1.82) is 0 Å². The Kier molecular flexibility index (Phi) is 3.02. The highest BCUT2D eigenvalue weighted by Crippen LogP contribution is 2.16. The zero-order valence-corrected chi connectivity index (χ0v) is 8.81. The second kappa shape index (κ2) is 4.45. The molecule has 0 spiro atoms. The van der Waals surface area contributed by atoms with Crippen LogP contribution >= 0.6 is 0 Å². The summed E-state index contributed by atoms with van der Waals surface area (Å²) in [4.78, 5) is 4.31. The molecule has 1 heterocycles. The maximum Gasteiger partial charge on any atom is 0.198 e. The molecule has 1 aromatic carbocycles. The molecular formula is C12H15NO2. The first-order valence-corrected chi connectivity index (χ1v) is 5.32. The summed E-state index contributed by atoms with van der Waals surface area (Å²) in [6.07, 6.45) is 1.92. The van der Waals surface area contributed by atoms with Crippen LogP contribution in [0.1, 0.15) is 25.7 Å². The number of fused-ring (bicyclic) bond motifs is 1. The number of hydrogen-bond donors (Lipinski definition) is 1. The molecule has 0 aliphatic rings. The zero-order chi connectivity index (χ0) is 10.7. The molecular weight excluding hydrogens is 190 g/mol. The summed E-state index contributed by atoms with van der Waals surface area (Å²) in [6, 6.07) is 7.64. The third-order valence-corrected chi connectivity index (χ3v) is 2.37. The van der Waals surface area contributed by atoms with Crippen molar-refractivity contribution < 1.29 is 9.52 Å². The van der Waals surface area contributed by atoms with E-state index in [-0.39, 0.29) is 6.10 Å². The van der Waals surface area contributed by atoms with Crippen molar-refractivity contribution in [3.63, 3.8) is 0 Å². The van der Waals surface area contributed by atoms with Gasteiger partial charge in [-0.05, 0) is 18.6 Å². The van der Waals surface area contributed by atoms with Crippen molar-refractivity contribution >= 4 is 11.1 Å².